The molecule has 2 aromatic carbocycles. The molecular weight excluding hydrogens is 292 g/mol. The van der Waals surface area contributed by atoms with Crippen LogP contribution >= 0.6 is 0 Å². The number of aliphatic hydroxyl groups is 1. The molecule has 0 saturated heterocycles. The second-order valence-corrected chi connectivity index (χ2v) is 4.62. The van der Waals surface area contributed by atoms with Crippen molar-refractivity contribution in [1.82, 2.24) is 5.32 Å². The van der Waals surface area contributed by atoms with Gasteiger partial charge in [-0.15, -0.1) is 0 Å². The van der Waals surface area contributed by atoms with E-state index in [0.29, 0.717) is 17.4 Å². The summed E-state index contributed by atoms with van der Waals surface area (Å²) in [4.78, 5) is 11.8. The molecule has 1 atom stereocenters. The highest BCUT2D eigenvalue weighted by Crippen LogP contribution is 2.17. The number of ether oxygens (including phenoxy) is 1. The van der Waals surface area contributed by atoms with Gasteiger partial charge in [0, 0.05) is 12.6 Å². The Morgan fingerprint density at radius 1 is 1.23 bits per heavy atom. The van der Waals surface area contributed by atoms with Crippen LogP contribution in [0.3, 0.4) is 0 Å². The normalized spacial score (nSPS) is 11.8. The van der Waals surface area contributed by atoms with Crippen LogP contribution in [0.2, 0.25) is 0 Å². The minimum atomic E-state index is -0.948. The first-order valence-electron chi connectivity index (χ1n) is 6.56. The monoisotopic (exact) mass is 307 g/mol. The zero-order valence-electron chi connectivity index (χ0n) is 11.8. The minimum absolute atomic E-state index is 0.0953. The van der Waals surface area contributed by atoms with Crippen molar-refractivity contribution >= 4 is 5.91 Å². The second-order valence-electron chi connectivity index (χ2n) is 4.62. The van der Waals surface area contributed by atoms with E-state index in [9.17, 15) is 18.7 Å². The summed E-state index contributed by atoms with van der Waals surface area (Å²) in [6.45, 7) is -0.0953. The van der Waals surface area contributed by atoms with Crippen molar-refractivity contribution in [1.29, 1.82) is 0 Å². The van der Waals surface area contributed by atoms with Crippen LogP contribution in [-0.2, 0) is 0 Å². The maximum atomic E-state index is 13.5. The molecule has 0 saturated carbocycles. The first-order valence-corrected chi connectivity index (χ1v) is 6.56. The van der Waals surface area contributed by atoms with Crippen molar-refractivity contribution in [3.05, 3.63) is 65.2 Å². The maximum Gasteiger partial charge on any atom is 0.254 e. The molecule has 2 N–H and O–H groups in total. The van der Waals surface area contributed by atoms with Crippen LogP contribution in [-0.4, -0.2) is 24.7 Å². The lowest BCUT2D eigenvalue weighted by Gasteiger charge is -2.13. The topological polar surface area (TPSA) is 58.6 Å². The Morgan fingerprint density at radius 3 is 2.50 bits per heavy atom. The van der Waals surface area contributed by atoms with Gasteiger partial charge in [0.1, 0.15) is 17.4 Å². The van der Waals surface area contributed by atoms with Gasteiger partial charge in [0.25, 0.3) is 5.91 Å². The van der Waals surface area contributed by atoms with Gasteiger partial charge in [-0.25, -0.2) is 8.78 Å². The van der Waals surface area contributed by atoms with Crippen LogP contribution in [0.25, 0.3) is 0 Å². The van der Waals surface area contributed by atoms with Crippen LogP contribution in [0, 0.1) is 11.6 Å². The van der Waals surface area contributed by atoms with E-state index in [2.05, 4.69) is 5.32 Å². The van der Waals surface area contributed by atoms with Crippen molar-refractivity contribution in [2.75, 3.05) is 13.7 Å². The highest BCUT2D eigenvalue weighted by molar-refractivity contribution is 5.94. The van der Waals surface area contributed by atoms with E-state index < -0.39 is 23.6 Å². The molecule has 0 spiro atoms. The van der Waals surface area contributed by atoms with Gasteiger partial charge in [0.15, 0.2) is 0 Å². The van der Waals surface area contributed by atoms with Crippen molar-refractivity contribution in [3.8, 4) is 5.75 Å². The third-order valence-corrected chi connectivity index (χ3v) is 3.13. The lowest BCUT2D eigenvalue weighted by atomic mass is 10.1. The Morgan fingerprint density at radius 2 is 1.91 bits per heavy atom. The van der Waals surface area contributed by atoms with E-state index in [1.165, 1.54) is 7.11 Å². The number of carbonyl (C=O) groups is 1. The molecule has 0 aliphatic heterocycles. The van der Waals surface area contributed by atoms with Crippen LogP contribution in [0.4, 0.5) is 8.78 Å². The second kappa shape index (κ2) is 7.00. The predicted molar refractivity (Wildman–Crippen MR) is 76.6 cm³/mol. The first-order chi connectivity index (χ1) is 10.5. The standard InChI is InChI=1S/C16H15F2NO3/c1-22-12-5-2-10(3-6-12)15(20)9-19-16(21)13-7-4-11(17)8-14(13)18/h2-8,15,20H,9H2,1H3,(H,19,21). The molecule has 1 unspecified atom stereocenters. The number of amides is 1. The number of nitrogens with one attached hydrogen (secondary N) is 1. The molecule has 116 valence electrons. The number of benzene rings is 2. The summed E-state index contributed by atoms with van der Waals surface area (Å²) < 4.78 is 31.2. The predicted octanol–water partition coefficient (Wildman–Crippen LogP) is 2.44. The fourth-order valence-corrected chi connectivity index (χ4v) is 1.90. The molecule has 1 amide bonds. The van der Waals surface area contributed by atoms with Crippen LogP contribution in [0.15, 0.2) is 42.5 Å². The minimum Gasteiger partial charge on any atom is -0.497 e. The van der Waals surface area contributed by atoms with Gasteiger partial charge in [0.05, 0.1) is 18.8 Å². The fourth-order valence-electron chi connectivity index (χ4n) is 1.90. The number of hydrogen-bond acceptors (Lipinski definition) is 3. The SMILES string of the molecule is COc1ccc(C(O)CNC(=O)c2ccc(F)cc2F)cc1. The molecule has 0 heterocycles. The quantitative estimate of drug-likeness (QED) is 0.892. The Balaban J connectivity index is 1.97. The third-order valence-electron chi connectivity index (χ3n) is 3.13. The van der Waals surface area contributed by atoms with Gasteiger partial charge in [-0.3, -0.25) is 4.79 Å². The lowest BCUT2D eigenvalue weighted by molar-refractivity contribution is 0.0912. The van der Waals surface area contributed by atoms with Gasteiger partial charge in [-0.2, -0.15) is 0 Å². The molecule has 0 aliphatic carbocycles. The molecule has 0 bridgehead atoms. The number of methoxy groups -OCH3 is 1. The van der Waals surface area contributed by atoms with Gasteiger partial charge < -0.3 is 15.2 Å². The molecule has 0 radical (unpaired) electrons. The summed E-state index contributed by atoms with van der Waals surface area (Å²) in [6.07, 6.45) is -0.946. The van der Waals surface area contributed by atoms with Gasteiger partial charge in [0.2, 0.25) is 0 Å². The smallest absolute Gasteiger partial charge is 0.254 e. The van der Waals surface area contributed by atoms with Crippen molar-refractivity contribution < 1.29 is 23.4 Å². The summed E-state index contributed by atoms with van der Waals surface area (Å²) >= 11 is 0. The molecule has 0 fully saturated rings. The number of carbonyl (C=O) groups excluding carboxylic acids is 1. The summed E-state index contributed by atoms with van der Waals surface area (Å²) in [6, 6.07) is 9.37. The molecule has 0 aromatic heterocycles. The van der Waals surface area contributed by atoms with E-state index >= 15 is 0 Å². The van der Waals surface area contributed by atoms with E-state index in [4.69, 9.17) is 4.74 Å². The average Bonchev–Trinajstić information content (AvgIpc) is 2.52. The molecule has 6 heteroatoms. The first kappa shape index (κ1) is 15.9. The summed E-state index contributed by atoms with van der Waals surface area (Å²) in [5, 5.41) is 12.4. The van der Waals surface area contributed by atoms with Crippen molar-refractivity contribution in [2.24, 2.45) is 0 Å². The van der Waals surface area contributed by atoms with Crippen molar-refractivity contribution in [3.63, 3.8) is 0 Å². The largest absolute Gasteiger partial charge is 0.497 e. The van der Waals surface area contributed by atoms with E-state index in [1.54, 1.807) is 24.3 Å². The molecule has 2 rings (SSSR count). The van der Waals surface area contributed by atoms with E-state index in [-0.39, 0.29) is 12.1 Å². The zero-order chi connectivity index (χ0) is 16.1. The molecule has 2 aromatic rings. The van der Waals surface area contributed by atoms with Crippen LogP contribution in [0.1, 0.15) is 22.0 Å². The van der Waals surface area contributed by atoms with Crippen molar-refractivity contribution in [2.45, 2.75) is 6.10 Å². The number of aliphatic hydroxyl groups excluding tert-OH is 1. The average molecular weight is 307 g/mol. The molecule has 22 heavy (non-hydrogen) atoms. The van der Waals surface area contributed by atoms with Gasteiger partial charge in [-0.1, -0.05) is 12.1 Å². The van der Waals surface area contributed by atoms with Gasteiger partial charge in [-0.05, 0) is 29.8 Å². The number of halogens is 2. The Bertz CT molecular complexity index is 659. The molecule has 4 nitrogen and oxygen atoms in total. The highest BCUT2D eigenvalue weighted by Gasteiger charge is 2.14. The maximum absolute atomic E-state index is 13.5. The van der Waals surface area contributed by atoms with Crippen LogP contribution in [0.5, 0.6) is 5.75 Å². The van der Waals surface area contributed by atoms with E-state index in [0.717, 1.165) is 12.1 Å². The summed E-state index contributed by atoms with van der Waals surface area (Å²) in [7, 11) is 1.53. The zero-order valence-corrected chi connectivity index (χ0v) is 11.8. The Labute approximate surface area is 126 Å². The number of hydrogen-bond donors (Lipinski definition) is 2. The Hall–Kier alpha value is -2.47. The van der Waals surface area contributed by atoms with Gasteiger partial charge >= 0.3 is 0 Å². The summed E-state index contributed by atoms with van der Waals surface area (Å²) in [5.74, 6) is -1.78. The van der Waals surface area contributed by atoms with Crippen LogP contribution < -0.4 is 10.1 Å². The molecule has 0 aliphatic rings. The van der Waals surface area contributed by atoms with E-state index in [1.807, 2.05) is 0 Å². The third kappa shape index (κ3) is 3.79. The lowest BCUT2D eigenvalue weighted by Crippen LogP contribution is -2.29. The fraction of sp³-hybridized carbons (Fsp3) is 0.188. The highest BCUT2D eigenvalue weighted by atomic mass is 19.1. The molecular formula is C16H15F2NO3. The number of rotatable bonds is 5. The Kier molecular flexibility index (Phi) is 5.06. The summed E-state index contributed by atoms with van der Waals surface area (Å²) in [5.41, 5.74) is 0.309.